The normalized spacial score (nSPS) is 17.5. The Hall–Kier alpha value is -4.23. The molecule has 35 heavy (non-hydrogen) atoms. The second-order valence-electron chi connectivity index (χ2n) is 8.87. The van der Waals surface area contributed by atoms with Crippen LogP contribution in [0.3, 0.4) is 0 Å². The van der Waals surface area contributed by atoms with Gasteiger partial charge in [0.15, 0.2) is 0 Å². The summed E-state index contributed by atoms with van der Waals surface area (Å²) in [5, 5.41) is 20.1. The van der Waals surface area contributed by atoms with E-state index >= 15 is 0 Å². The van der Waals surface area contributed by atoms with Gasteiger partial charge >= 0.3 is 0 Å². The zero-order valence-electron chi connectivity index (χ0n) is 19.8. The van der Waals surface area contributed by atoms with Crippen molar-refractivity contribution in [2.45, 2.75) is 31.5 Å². The average molecular weight is 472 g/mol. The Labute approximate surface area is 204 Å². The van der Waals surface area contributed by atoms with E-state index in [4.69, 9.17) is 5.73 Å². The van der Waals surface area contributed by atoms with Crippen LogP contribution in [0.1, 0.15) is 18.4 Å². The molecule has 2 heterocycles. The van der Waals surface area contributed by atoms with E-state index < -0.39 is 0 Å². The smallest absolute Gasteiger partial charge is 0.261 e. The van der Waals surface area contributed by atoms with Crippen molar-refractivity contribution >= 4 is 17.5 Å². The molecule has 0 unspecified atom stereocenters. The van der Waals surface area contributed by atoms with E-state index in [1.807, 2.05) is 54.1 Å². The molecule has 1 amide bonds. The Kier molecular flexibility index (Phi) is 7.38. The molecule has 0 atom stereocenters. The van der Waals surface area contributed by atoms with E-state index in [-0.39, 0.29) is 23.6 Å². The maximum absolute atomic E-state index is 12.4. The minimum absolute atomic E-state index is 0.00707. The van der Waals surface area contributed by atoms with Crippen LogP contribution in [0.15, 0.2) is 60.7 Å². The molecule has 1 aliphatic carbocycles. The third-order valence-electron chi connectivity index (χ3n) is 5.83. The highest BCUT2D eigenvalue weighted by atomic mass is 16.1. The number of aromatic nitrogens is 4. The van der Waals surface area contributed by atoms with Gasteiger partial charge in [-0.25, -0.2) is 9.97 Å². The molecule has 0 radical (unpaired) electrons. The molecule has 1 fully saturated rings. The number of rotatable bonds is 9. The average Bonchev–Trinajstić information content (AvgIpc) is 3.26. The fourth-order valence-corrected chi connectivity index (χ4v) is 3.92. The van der Waals surface area contributed by atoms with E-state index in [9.17, 15) is 10.1 Å². The Morgan fingerprint density at radius 2 is 2.03 bits per heavy atom. The fourth-order valence-electron chi connectivity index (χ4n) is 3.92. The summed E-state index contributed by atoms with van der Waals surface area (Å²) in [5.74, 6) is 0.668. The number of nitrogens with zero attached hydrogens (tertiary/aromatic N) is 6. The first-order chi connectivity index (χ1) is 16.9. The van der Waals surface area contributed by atoms with Gasteiger partial charge in [-0.05, 0) is 38.6 Å². The van der Waals surface area contributed by atoms with E-state index in [1.54, 1.807) is 12.3 Å². The lowest BCUT2D eigenvalue weighted by Crippen LogP contribution is -2.50. The molecule has 3 aromatic rings. The summed E-state index contributed by atoms with van der Waals surface area (Å²) < 4.78 is 1.85. The molecule has 180 valence electrons. The summed E-state index contributed by atoms with van der Waals surface area (Å²) in [4.78, 5) is 22.9. The lowest BCUT2D eigenvalue weighted by Gasteiger charge is -2.36. The first-order valence-corrected chi connectivity index (χ1v) is 11.4. The quantitative estimate of drug-likeness (QED) is 0.318. The number of likely N-dealkylation sites (N-methyl/N-ethyl adjacent to an activating group) is 1. The zero-order valence-corrected chi connectivity index (χ0v) is 19.8. The van der Waals surface area contributed by atoms with Crippen LogP contribution in [0.4, 0.5) is 11.6 Å². The Bertz CT molecular complexity index is 1240. The molecular weight excluding hydrogens is 442 g/mol. The van der Waals surface area contributed by atoms with Crippen LogP contribution in [0.25, 0.3) is 11.1 Å². The number of hydrogen-bond donors (Lipinski definition) is 3. The van der Waals surface area contributed by atoms with Gasteiger partial charge in [0.2, 0.25) is 0 Å². The maximum atomic E-state index is 12.4. The summed E-state index contributed by atoms with van der Waals surface area (Å²) in [7, 11) is 3.77. The molecule has 1 aliphatic rings. The molecule has 0 aliphatic heterocycles. The topological polar surface area (TPSA) is 138 Å². The van der Waals surface area contributed by atoms with Crippen LogP contribution >= 0.6 is 0 Å². The highest BCUT2D eigenvalue weighted by Crippen LogP contribution is 2.33. The number of nitrogen functional groups attached to an aromatic ring is 1. The van der Waals surface area contributed by atoms with E-state index in [2.05, 4.69) is 37.8 Å². The minimum atomic E-state index is -0.337. The van der Waals surface area contributed by atoms with Gasteiger partial charge in [0.1, 0.15) is 29.6 Å². The third-order valence-corrected chi connectivity index (χ3v) is 5.83. The number of benzene rings is 1. The van der Waals surface area contributed by atoms with Gasteiger partial charge in [-0.15, -0.1) is 0 Å². The van der Waals surface area contributed by atoms with Crippen LogP contribution in [0, 0.1) is 11.3 Å². The van der Waals surface area contributed by atoms with Crippen LogP contribution in [0.2, 0.25) is 0 Å². The van der Waals surface area contributed by atoms with Gasteiger partial charge in [-0.2, -0.15) is 10.4 Å². The second kappa shape index (κ2) is 10.8. The van der Waals surface area contributed by atoms with Gasteiger partial charge in [0, 0.05) is 30.4 Å². The molecule has 2 aromatic heterocycles. The molecule has 0 bridgehead atoms. The first-order valence-electron chi connectivity index (χ1n) is 11.4. The lowest BCUT2D eigenvalue weighted by molar-refractivity contribution is -0.118. The van der Waals surface area contributed by atoms with Crippen LogP contribution in [-0.2, 0) is 11.3 Å². The lowest BCUT2D eigenvalue weighted by atomic mass is 9.86. The zero-order chi connectivity index (χ0) is 24.8. The molecule has 0 saturated heterocycles. The summed E-state index contributed by atoms with van der Waals surface area (Å²) in [6, 6.07) is 12.2. The van der Waals surface area contributed by atoms with Crippen molar-refractivity contribution in [1.82, 2.24) is 30.0 Å². The van der Waals surface area contributed by atoms with Gasteiger partial charge in [0.05, 0.1) is 18.3 Å². The molecular formula is C25H29N9O. The van der Waals surface area contributed by atoms with Crippen molar-refractivity contribution < 1.29 is 4.79 Å². The summed E-state index contributed by atoms with van der Waals surface area (Å²) >= 11 is 0. The van der Waals surface area contributed by atoms with Crippen molar-refractivity contribution in [3.63, 3.8) is 0 Å². The van der Waals surface area contributed by atoms with Crippen molar-refractivity contribution in [2.75, 3.05) is 31.7 Å². The number of nitrogens with one attached hydrogen (secondary N) is 2. The number of anilines is 2. The van der Waals surface area contributed by atoms with Crippen molar-refractivity contribution in [3.8, 4) is 17.2 Å². The Morgan fingerprint density at radius 1 is 1.26 bits per heavy atom. The van der Waals surface area contributed by atoms with E-state index in [1.165, 1.54) is 6.33 Å². The molecule has 1 saturated carbocycles. The Balaban J connectivity index is 1.38. The van der Waals surface area contributed by atoms with Crippen molar-refractivity contribution in [3.05, 3.63) is 66.3 Å². The summed E-state index contributed by atoms with van der Waals surface area (Å²) in [5.41, 5.74) is 9.03. The molecule has 4 N–H and O–H groups in total. The monoisotopic (exact) mass is 471 g/mol. The van der Waals surface area contributed by atoms with Gasteiger partial charge < -0.3 is 21.3 Å². The molecule has 10 heteroatoms. The van der Waals surface area contributed by atoms with Gasteiger partial charge in [-0.3, -0.25) is 9.48 Å². The summed E-state index contributed by atoms with van der Waals surface area (Å²) in [6.07, 6.45) is 8.19. The highest BCUT2D eigenvalue weighted by molar-refractivity contribution is 5.97. The van der Waals surface area contributed by atoms with Crippen molar-refractivity contribution in [2.24, 2.45) is 0 Å². The molecule has 10 nitrogen and oxygen atoms in total. The second-order valence-corrected chi connectivity index (χ2v) is 8.87. The van der Waals surface area contributed by atoms with E-state index in [0.717, 1.165) is 24.0 Å². The predicted molar refractivity (Wildman–Crippen MR) is 134 cm³/mol. The number of carbonyl (C=O) groups excluding carboxylic acids is 1. The minimum Gasteiger partial charge on any atom is -0.383 e. The Morgan fingerprint density at radius 3 is 2.74 bits per heavy atom. The number of nitriles is 1. The highest BCUT2D eigenvalue weighted by Gasteiger charge is 2.32. The number of nitrogens with two attached hydrogens (primary N) is 1. The molecule has 0 spiro atoms. The maximum Gasteiger partial charge on any atom is 0.261 e. The number of carbonyl (C=O) groups is 1. The number of hydrogen-bond acceptors (Lipinski definition) is 8. The van der Waals surface area contributed by atoms with Gasteiger partial charge in [0.25, 0.3) is 5.91 Å². The summed E-state index contributed by atoms with van der Waals surface area (Å²) in [6.45, 7) is 1.18. The molecule has 4 rings (SSSR count). The SMILES string of the molecule is CN(C)C/C=C(\C#N)C(=O)NC1CC(Nc2ncnc(N)c2-c2cnn(Cc3ccccc3)c2)C1. The first kappa shape index (κ1) is 23.9. The van der Waals surface area contributed by atoms with Crippen LogP contribution in [0.5, 0.6) is 0 Å². The molecule has 1 aromatic carbocycles. The predicted octanol–water partition coefficient (Wildman–Crippen LogP) is 2.04. The van der Waals surface area contributed by atoms with Gasteiger partial charge in [-0.1, -0.05) is 30.3 Å². The standard InChI is InChI=1S/C25H29N9O/c1-33(2)9-8-18(12-26)25(35)32-21-10-20(11-21)31-24-22(23(27)28-16-29-24)19-13-30-34(15-19)14-17-6-4-3-5-7-17/h3-8,13,15-16,20-21H,9-11,14H2,1-2H3,(H,32,35)(H3,27,28,29,31)/b18-8+. The van der Waals surface area contributed by atoms with Crippen LogP contribution < -0.4 is 16.4 Å². The largest absolute Gasteiger partial charge is 0.383 e. The number of amides is 1. The van der Waals surface area contributed by atoms with Crippen molar-refractivity contribution in [1.29, 1.82) is 5.26 Å². The third kappa shape index (κ3) is 6.02. The van der Waals surface area contributed by atoms with E-state index in [0.29, 0.717) is 30.3 Å². The fraction of sp³-hybridized carbons (Fsp3) is 0.320. The van der Waals surface area contributed by atoms with Crippen LogP contribution in [-0.4, -0.2) is 63.3 Å².